The molecule has 0 aliphatic carbocycles. The van der Waals surface area contributed by atoms with Crippen LogP contribution in [-0.2, 0) is 17.7 Å². The fourth-order valence-electron chi connectivity index (χ4n) is 4.77. The van der Waals surface area contributed by atoms with Crippen LogP contribution in [0.4, 0.5) is 0 Å². The summed E-state index contributed by atoms with van der Waals surface area (Å²) in [4.78, 5) is 34.1. The summed E-state index contributed by atoms with van der Waals surface area (Å²) in [7, 11) is 0. The Balaban J connectivity index is 1.35. The molecule has 0 spiro atoms. The highest BCUT2D eigenvalue weighted by Gasteiger charge is 2.33. The minimum Gasteiger partial charge on any atom is -0.378 e. The third-order valence-electron chi connectivity index (χ3n) is 6.61. The Morgan fingerprint density at radius 3 is 2.97 bits per heavy atom. The van der Waals surface area contributed by atoms with Crippen LogP contribution in [0.5, 0.6) is 0 Å². The molecule has 162 valence electrons. The predicted octanol–water partition coefficient (Wildman–Crippen LogP) is 2.04. The zero-order chi connectivity index (χ0) is 21.4. The standard InChI is InChI=1S/C24H28N4O3/c1-17-6-8-27(9-7-18-14-25-21-5-3-2-4-20(18)21)23(29)22(17)24(30)28-11-10-26-12-13-31-16-19(26)15-28/h2-6,8,14,19,25H,7,9-13,15-16H2,1H3. The highest BCUT2D eigenvalue weighted by Crippen LogP contribution is 2.19. The topological polar surface area (TPSA) is 70.6 Å². The summed E-state index contributed by atoms with van der Waals surface area (Å²) in [5.41, 5.74) is 3.10. The van der Waals surface area contributed by atoms with Crippen LogP contribution in [0.2, 0.25) is 0 Å². The molecule has 1 aromatic carbocycles. The van der Waals surface area contributed by atoms with Crippen LogP contribution in [0.15, 0.2) is 47.5 Å². The van der Waals surface area contributed by atoms with Crippen molar-refractivity contribution in [2.75, 3.05) is 39.4 Å². The summed E-state index contributed by atoms with van der Waals surface area (Å²) in [5.74, 6) is -0.158. The van der Waals surface area contributed by atoms with Crippen molar-refractivity contribution >= 4 is 16.8 Å². The summed E-state index contributed by atoms with van der Waals surface area (Å²) in [5, 5.41) is 1.17. The van der Waals surface area contributed by atoms with Gasteiger partial charge in [-0.3, -0.25) is 14.5 Å². The first-order valence-corrected chi connectivity index (χ1v) is 11.0. The van der Waals surface area contributed by atoms with Gasteiger partial charge in [0.1, 0.15) is 5.56 Å². The Morgan fingerprint density at radius 1 is 1.19 bits per heavy atom. The smallest absolute Gasteiger partial charge is 0.263 e. The van der Waals surface area contributed by atoms with Gasteiger partial charge < -0.3 is 19.2 Å². The van der Waals surface area contributed by atoms with E-state index in [4.69, 9.17) is 4.74 Å². The quantitative estimate of drug-likeness (QED) is 0.701. The monoisotopic (exact) mass is 420 g/mol. The lowest BCUT2D eigenvalue weighted by Crippen LogP contribution is -2.59. The number of carbonyl (C=O) groups excluding carboxylic acids is 1. The number of aromatic nitrogens is 2. The number of carbonyl (C=O) groups is 1. The molecule has 4 heterocycles. The molecule has 5 rings (SSSR count). The van der Waals surface area contributed by atoms with Gasteiger partial charge in [0, 0.05) is 56.0 Å². The van der Waals surface area contributed by atoms with Crippen molar-refractivity contribution < 1.29 is 9.53 Å². The lowest BCUT2D eigenvalue weighted by Gasteiger charge is -2.43. The van der Waals surface area contributed by atoms with E-state index >= 15 is 0 Å². The van der Waals surface area contributed by atoms with Gasteiger partial charge in [0.2, 0.25) is 0 Å². The molecule has 2 aliphatic heterocycles. The molecule has 7 heteroatoms. The van der Waals surface area contributed by atoms with E-state index in [1.807, 2.05) is 42.3 Å². The number of rotatable bonds is 4. The van der Waals surface area contributed by atoms with Crippen molar-refractivity contribution in [1.29, 1.82) is 0 Å². The lowest BCUT2D eigenvalue weighted by atomic mass is 10.1. The van der Waals surface area contributed by atoms with Crippen LogP contribution in [0.1, 0.15) is 21.5 Å². The molecule has 1 unspecified atom stereocenters. The van der Waals surface area contributed by atoms with Crippen molar-refractivity contribution in [3.05, 3.63) is 69.8 Å². The maximum atomic E-state index is 13.3. The largest absolute Gasteiger partial charge is 0.378 e. The van der Waals surface area contributed by atoms with Gasteiger partial charge in [-0.1, -0.05) is 18.2 Å². The second-order valence-corrected chi connectivity index (χ2v) is 8.50. The molecule has 2 saturated heterocycles. The molecule has 0 saturated carbocycles. The number of morpholine rings is 1. The summed E-state index contributed by atoms with van der Waals surface area (Å²) in [6.07, 6.45) is 4.52. The van der Waals surface area contributed by atoms with Crippen LogP contribution < -0.4 is 5.56 Å². The van der Waals surface area contributed by atoms with E-state index in [1.165, 1.54) is 10.9 Å². The van der Waals surface area contributed by atoms with Crippen molar-refractivity contribution in [2.45, 2.75) is 25.9 Å². The normalized spacial score (nSPS) is 19.5. The summed E-state index contributed by atoms with van der Waals surface area (Å²) in [6, 6.07) is 10.3. The predicted molar refractivity (Wildman–Crippen MR) is 120 cm³/mol. The average Bonchev–Trinajstić information content (AvgIpc) is 3.21. The van der Waals surface area contributed by atoms with E-state index in [0.717, 1.165) is 37.2 Å². The number of aromatic amines is 1. The summed E-state index contributed by atoms with van der Waals surface area (Å²) < 4.78 is 7.26. The van der Waals surface area contributed by atoms with E-state index < -0.39 is 0 Å². The van der Waals surface area contributed by atoms with Crippen LogP contribution in [-0.4, -0.2) is 70.7 Å². The fraction of sp³-hybridized carbons (Fsp3) is 0.417. The molecular weight excluding hydrogens is 392 g/mol. The van der Waals surface area contributed by atoms with Crippen molar-refractivity contribution in [3.8, 4) is 0 Å². The second-order valence-electron chi connectivity index (χ2n) is 8.50. The Labute approximate surface area is 181 Å². The molecule has 31 heavy (non-hydrogen) atoms. The molecule has 1 amide bonds. The molecule has 2 aliphatic rings. The number of hydrogen-bond acceptors (Lipinski definition) is 4. The average molecular weight is 421 g/mol. The maximum absolute atomic E-state index is 13.3. The van der Waals surface area contributed by atoms with E-state index in [2.05, 4.69) is 16.0 Å². The third kappa shape index (κ3) is 3.79. The SMILES string of the molecule is Cc1ccn(CCc2c[nH]c3ccccc23)c(=O)c1C(=O)N1CCN2CCOCC2C1. The molecule has 1 N–H and O–H groups in total. The molecule has 0 radical (unpaired) electrons. The van der Waals surface area contributed by atoms with Gasteiger partial charge in [0.25, 0.3) is 11.5 Å². The zero-order valence-corrected chi connectivity index (χ0v) is 17.8. The van der Waals surface area contributed by atoms with Gasteiger partial charge in [0.15, 0.2) is 0 Å². The van der Waals surface area contributed by atoms with Gasteiger partial charge in [-0.2, -0.15) is 0 Å². The third-order valence-corrected chi connectivity index (χ3v) is 6.61. The minimum absolute atomic E-state index is 0.158. The van der Waals surface area contributed by atoms with Gasteiger partial charge in [0.05, 0.1) is 19.3 Å². The Morgan fingerprint density at radius 2 is 2.06 bits per heavy atom. The number of pyridine rings is 1. The first-order chi connectivity index (χ1) is 15.1. The number of hydrogen-bond donors (Lipinski definition) is 1. The number of nitrogens with zero attached hydrogens (tertiary/aromatic N) is 3. The Kier molecular flexibility index (Phi) is 5.38. The number of H-pyrrole nitrogens is 1. The zero-order valence-electron chi connectivity index (χ0n) is 17.8. The second kappa shape index (κ2) is 8.32. The van der Waals surface area contributed by atoms with E-state index in [1.54, 1.807) is 10.8 Å². The van der Waals surface area contributed by atoms with Crippen molar-refractivity contribution in [3.63, 3.8) is 0 Å². The number of benzene rings is 1. The molecule has 1 atom stereocenters. The number of fused-ring (bicyclic) bond motifs is 2. The van der Waals surface area contributed by atoms with Crippen LogP contribution in [0.3, 0.4) is 0 Å². The van der Waals surface area contributed by atoms with E-state index in [0.29, 0.717) is 31.8 Å². The molecule has 3 aromatic rings. The lowest BCUT2D eigenvalue weighted by molar-refractivity contribution is -0.0395. The molecule has 0 bridgehead atoms. The minimum atomic E-state index is -0.202. The molecule has 7 nitrogen and oxygen atoms in total. The first kappa shape index (κ1) is 20.0. The fourth-order valence-corrected chi connectivity index (χ4v) is 4.77. The Bertz CT molecular complexity index is 1170. The molecular formula is C24H28N4O3. The highest BCUT2D eigenvalue weighted by molar-refractivity contribution is 5.95. The number of nitrogens with one attached hydrogen (secondary N) is 1. The van der Waals surface area contributed by atoms with Crippen LogP contribution in [0.25, 0.3) is 10.9 Å². The van der Waals surface area contributed by atoms with Crippen LogP contribution >= 0.6 is 0 Å². The Hall–Kier alpha value is -2.90. The van der Waals surface area contributed by atoms with E-state index in [9.17, 15) is 9.59 Å². The number of piperazine rings is 1. The molecule has 2 fully saturated rings. The summed E-state index contributed by atoms with van der Waals surface area (Å²) in [6.45, 7) is 6.79. The number of para-hydroxylation sites is 1. The van der Waals surface area contributed by atoms with Gasteiger partial charge in [-0.25, -0.2) is 0 Å². The van der Waals surface area contributed by atoms with Crippen molar-refractivity contribution in [1.82, 2.24) is 19.4 Å². The van der Waals surface area contributed by atoms with Crippen molar-refractivity contribution in [2.24, 2.45) is 0 Å². The van der Waals surface area contributed by atoms with Crippen LogP contribution in [0, 0.1) is 6.92 Å². The number of amides is 1. The maximum Gasteiger partial charge on any atom is 0.263 e. The van der Waals surface area contributed by atoms with Gasteiger partial charge >= 0.3 is 0 Å². The highest BCUT2D eigenvalue weighted by atomic mass is 16.5. The van der Waals surface area contributed by atoms with Gasteiger partial charge in [-0.05, 0) is 36.6 Å². The number of aryl methyl sites for hydroxylation is 3. The molecule has 2 aromatic heterocycles. The first-order valence-electron chi connectivity index (χ1n) is 11.0. The number of ether oxygens (including phenoxy) is 1. The van der Waals surface area contributed by atoms with Gasteiger partial charge in [-0.15, -0.1) is 0 Å². The van der Waals surface area contributed by atoms with E-state index in [-0.39, 0.29) is 17.5 Å². The summed E-state index contributed by atoms with van der Waals surface area (Å²) >= 11 is 0.